The van der Waals surface area contributed by atoms with E-state index in [1.165, 1.54) is 12.1 Å². The molecule has 0 aliphatic heterocycles. The Labute approximate surface area is 135 Å². The molecule has 0 spiro atoms. The summed E-state index contributed by atoms with van der Waals surface area (Å²) in [4.78, 5) is 22.3. The third-order valence-corrected chi connectivity index (χ3v) is 3.51. The Bertz CT molecular complexity index is 718. The summed E-state index contributed by atoms with van der Waals surface area (Å²) in [7, 11) is 0. The van der Waals surface area contributed by atoms with Gasteiger partial charge in [-0.25, -0.2) is 0 Å². The van der Waals surface area contributed by atoms with Crippen LogP contribution in [0.4, 0.5) is 11.4 Å². The number of nitrogens with one attached hydrogen (secondary N) is 1. The van der Waals surface area contributed by atoms with Gasteiger partial charge in [0.2, 0.25) is 0 Å². The van der Waals surface area contributed by atoms with Crippen LogP contribution < -0.4 is 10.1 Å². The lowest BCUT2D eigenvalue weighted by molar-refractivity contribution is -0.385. The molecule has 0 unspecified atom stereocenters. The predicted octanol–water partition coefficient (Wildman–Crippen LogP) is 3.68. The zero-order valence-corrected chi connectivity index (χ0v) is 13.3. The summed E-state index contributed by atoms with van der Waals surface area (Å²) in [6, 6.07) is 11.6. The fourth-order valence-electron chi connectivity index (χ4n) is 1.78. The number of hydrogen-bond donors (Lipinski definition) is 1. The van der Waals surface area contributed by atoms with Crippen molar-refractivity contribution in [2.24, 2.45) is 0 Å². The van der Waals surface area contributed by atoms with E-state index in [2.05, 4.69) is 21.2 Å². The summed E-state index contributed by atoms with van der Waals surface area (Å²) in [5.74, 6) is -0.324. The van der Waals surface area contributed by atoms with Gasteiger partial charge in [0.05, 0.1) is 10.6 Å². The molecule has 2 rings (SSSR count). The Hall–Kier alpha value is -2.41. The molecule has 22 heavy (non-hydrogen) atoms. The first kappa shape index (κ1) is 16.0. The van der Waals surface area contributed by atoms with Crippen molar-refractivity contribution >= 4 is 33.2 Å². The molecule has 0 radical (unpaired) electrons. The van der Waals surface area contributed by atoms with Crippen LogP contribution in [-0.2, 0) is 4.79 Å². The van der Waals surface area contributed by atoms with E-state index in [0.717, 1.165) is 10.0 Å². The van der Waals surface area contributed by atoms with E-state index in [0.29, 0.717) is 5.69 Å². The van der Waals surface area contributed by atoms with Gasteiger partial charge in [-0.3, -0.25) is 14.9 Å². The molecule has 0 aromatic heterocycles. The molecule has 0 heterocycles. The number of rotatable bonds is 5. The minimum absolute atomic E-state index is 0.0762. The molecule has 0 fully saturated rings. The van der Waals surface area contributed by atoms with Crippen LogP contribution in [0, 0.1) is 17.0 Å². The zero-order valence-electron chi connectivity index (χ0n) is 11.7. The van der Waals surface area contributed by atoms with Crippen molar-refractivity contribution in [3.05, 3.63) is 62.6 Å². The monoisotopic (exact) mass is 364 g/mol. The standard InChI is InChI=1S/C15H13BrN2O4/c1-10-6-7-13(18(20)21)14(8-10)22-9-15(19)17-12-5-3-2-4-11(12)16/h2-8H,9H2,1H3,(H,17,19). The van der Waals surface area contributed by atoms with Gasteiger partial charge in [0, 0.05) is 10.5 Å². The topological polar surface area (TPSA) is 81.5 Å². The molecule has 7 heteroatoms. The molecule has 0 aliphatic carbocycles. The second kappa shape index (κ2) is 7.04. The average molecular weight is 365 g/mol. The highest BCUT2D eigenvalue weighted by Crippen LogP contribution is 2.27. The third kappa shape index (κ3) is 4.05. The second-order valence-electron chi connectivity index (χ2n) is 4.54. The first-order valence-corrected chi connectivity index (χ1v) is 7.19. The number of ether oxygens (including phenoxy) is 1. The maximum atomic E-state index is 11.9. The highest BCUT2D eigenvalue weighted by atomic mass is 79.9. The summed E-state index contributed by atoms with van der Waals surface area (Å²) in [6.45, 7) is 1.48. The average Bonchev–Trinajstić information content (AvgIpc) is 2.47. The minimum atomic E-state index is -0.541. The van der Waals surface area contributed by atoms with Gasteiger partial charge < -0.3 is 10.1 Å². The quantitative estimate of drug-likeness (QED) is 0.647. The molecule has 2 aromatic rings. The summed E-state index contributed by atoms with van der Waals surface area (Å²) in [6.07, 6.45) is 0. The lowest BCUT2D eigenvalue weighted by Crippen LogP contribution is -2.20. The maximum Gasteiger partial charge on any atom is 0.310 e. The van der Waals surface area contributed by atoms with Crippen LogP contribution in [0.1, 0.15) is 5.56 Å². The molecule has 0 saturated carbocycles. The van der Waals surface area contributed by atoms with Crippen molar-refractivity contribution in [2.45, 2.75) is 6.92 Å². The van der Waals surface area contributed by atoms with Gasteiger partial charge in [-0.2, -0.15) is 0 Å². The van der Waals surface area contributed by atoms with E-state index in [1.54, 1.807) is 31.2 Å². The van der Waals surface area contributed by atoms with Gasteiger partial charge in [0.15, 0.2) is 12.4 Å². The molecular formula is C15H13BrN2O4. The van der Waals surface area contributed by atoms with Crippen LogP contribution in [0.2, 0.25) is 0 Å². The molecule has 1 amide bonds. The Kier molecular flexibility index (Phi) is 5.11. The minimum Gasteiger partial charge on any atom is -0.477 e. The van der Waals surface area contributed by atoms with Crippen LogP contribution in [-0.4, -0.2) is 17.4 Å². The Balaban J connectivity index is 2.04. The van der Waals surface area contributed by atoms with Crippen molar-refractivity contribution < 1.29 is 14.5 Å². The lowest BCUT2D eigenvalue weighted by Gasteiger charge is -2.09. The number of benzene rings is 2. The first-order valence-electron chi connectivity index (χ1n) is 6.39. The van der Waals surface area contributed by atoms with Gasteiger partial charge >= 0.3 is 5.69 Å². The molecule has 1 N–H and O–H groups in total. The number of carbonyl (C=O) groups excluding carboxylic acids is 1. The normalized spacial score (nSPS) is 10.1. The highest BCUT2D eigenvalue weighted by molar-refractivity contribution is 9.10. The maximum absolute atomic E-state index is 11.9. The fraction of sp³-hybridized carbons (Fsp3) is 0.133. The smallest absolute Gasteiger partial charge is 0.310 e. The van der Waals surface area contributed by atoms with Gasteiger partial charge in [-0.1, -0.05) is 18.2 Å². The number of nitro benzene ring substituents is 1. The SMILES string of the molecule is Cc1ccc([N+](=O)[O-])c(OCC(=O)Nc2ccccc2Br)c1. The number of para-hydroxylation sites is 1. The van der Waals surface area contributed by atoms with Crippen LogP contribution >= 0.6 is 15.9 Å². The second-order valence-corrected chi connectivity index (χ2v) is 5.40. The number of carbonyl (C=O) groups is 1. The van der Waals surface area contributed by atoms with E-state index in [1.807, 2.05) is 6.07 Å². The van der Waals surface area contributed by atoms with Crippen molar-refractivity contribution in [3.63, 3.8) is 0 Å². The van der Waals surface area contributed by atoms with Crippen LogP contribution in [0.15, 0.2) is 46.9 Å². The van der Waals surface area contributed by atoms with E-state index < -0.39 is 10.8 Å². The van der Waals surface area contributed by atoms with Gasteiger partial charge in [-0.05, 0) is 46.6 Å². The third-order valence-electron chi connectivity index (χ3n) is 2.82. The Morgan fingerprint density at radius 2 is 2.05 bits per heavy atom. The molecule has 0 bridgehead atoms. The highest BCUT2D eigenvalue weighted by Gasteiger charge is 2.16. The summed E-state index contributed by atoms with van der Waals surface area (Å²) in [5, 5.41) is 13.6. The zero-order chi connectivity index (χ0) is 16.1. The van der Waals surface area contributed by atoms with Crippen molar-refractivity contribution in [2.75, 3.05) is 11.9 Å². The number of hydrogen-bond acceptors (Lipinski definition) is 4. The molecule has 6 nitrogen and oxygen atoms in total. The van der Waals surface area contributed by atoms with Crippen molar-refractivity contribution in [3.8, 4) is 5.75 Å². The predicted molar refractivity (Wildman–Crippen MR) is 86.1 cm³/mol. The molecule has 0 aliphatic rings. The van der Waals surface area contributed by atoms with Crippen molar-refractivity contribution in [1.29, 1.82) is 0 Å². The molecule has 2 aromatic carbocycles. The number of nitro groups is 1. The molecular weight excluding hydrogens is 352 g/mol. The Morgan fingerprint density at radius 1 is 1.32 bits per heavy atom. The lowest BCUT2D eigenvalue weighted by atomic mass is 10.2. The van der Waals surface area contributed by atoms with Gasteiger partial charge in [-0.15, -0.1) is 0 Å². The molecule has 0 atom stereocenters. The number of halogens is 1. The summed E-state index contributed by atoms with van der Waals surface area (Å²) in [5.41, 5.74) is 1.25. The van der Waals surface area contributed by atoms with Gasteiger partial charge in [0.25, 0.3) is 5.91 Å². The number of anilines is 1. The molecule has 114 valence electrons. The van der Waals surface area contributed by atoms with E-state index >= 15 is 0 Å². The van der Waals surface area contributed by atoms with Crippen LogP contribution in [0.5, 0.6) is 5.75 Å². The summed E-state index contributed by atoms with van der Waals surface area (Å²) < 4.78 is 6.02. The Morgan fingerprint density at radius 3 is 2.73 bits per heavy atom. The fourth-order valence-corrected chi connectivity index (χ4v) is 2.16. The molecule has 0 saturated heterocycles. The largest absolute Gasteiger partial charge is 0.477 e. The number of amides is 1. The number of aryl methyl sites for hydroxylation is 1. The van der Waals surface area contributed by atoms with Crippen LogP contribution in [0.3, 0.4) is 0 Å². The van der Waals surface area contributed by atoms with Crippen molar-refractivity contribution in [1.82, 2.24) is 0 Å². The first-order chi connectivity index (χ1) is 10.5. The van der Waals surface area contributed by atoms with Crippen LogP contribution in [0.25, 0.3) is 0 Å². The number of nitrogens with zero attached hydrogens (tertiary/aromatic N) is 1. The van der Waals surface area contributed by atoms with E-state index in [9.17, 15) is 14.9 Å². The summed E-state index contributed by atoms with van der Waals surface area (Å²) >= 11 is 3.32. The van der Waals surface area contributed by atoms with E-state index in [4.69, 9.17) is 4.74 Å². The van der Waals surface area contributed by atoms with Gasteiger partial charge in [0.1, 0.15) is 0 Å². The van der Waals surface area contributed by atoms with E-state index in [-0.39, 0.29) is 18.0 Å².